The molecule has 25 heavy (non-hydrogen) atoms. The lowest BCUT2D eigenvalue weighted by Gasteiger charge is -2.18. The van der Waals surface area contributed by atoms with Crippen molar-refractivity contribution < 1.29 is 23.9 Å². The van der Waals surface area contributed by atoms with Crippen LogP contribution in [0.5, 0.6) is 5.75 Å². The van der Waals surface area contributed by atoms with Crippen molar-refractivity contribution in [3.8, 4) is 11.8 Å². The fourth-order valence-corrected chi connectivity index (χ4v) is 2.24. The van der Waals surface area contributed by atoms with Gasteiger partial charge < -0.3 is 14.8 Å². The summed E-state index contributed by atoms with van der Waals surface area (Å²) < 4.78 is 10.2. The monoisotopic (exact) mass is 336 g/mol. The number of anilines is 1. The van der Waals surface area contributed by atoms with Gasteiger partial charge in [-0.15, -0.1) is 0 Å². The summed E-state index contributed by atoms with van der Waals surface area (Å²) in [6, 6.07) is 12.4. The maximum absolute atomic E-state index is 12.2. The molecule has 2 aromatic rings. The summed E-state index contributed by atoms with van der Waals surface area (Å²) in [4.78, 5) is 35.4. The maximum Gasteiger partial charge on any atom is 0.338 e. The summed E-state index contributed by atoms with van der Waals surface area (Å²) in [5, 5.41) is 11.3. The molecule has 1 aliphatic heterocycles. The van der Waals surface area contributed by atoms with E-state index in [2.05, 4.69) is 5.32 Å². The number of amides is 1. The van der Waals surface area contributed by atoms with Gasteiger partial charge in [0.15, 0.2) is 19.0 Å². The fraction of sp³-hybridized carbons (Fsp3) is 0.111. The third-order valence-corrected chi connectivity index (χ3v) is 3.52. The average Bonchev–Trinajstić information content (AvgIpc) is 2.65. The first kappa shape index (κ1) is 16.2. The molecule has 0 aliphatic carbocycles. The molecule has 1 aliphatic rings. The highest BCUT2D eigenvalue weighted by Gasteiger charge is 2.18. The zero-order valence-corrected chi connectivity index (χ0v) is 12.9. The van der Waals surface area contributed by atoms with Gasteiger partial charge in [-0.05, 0) is 42.5 Å². The van der Waals surface area contributed by atoms with Crippen LogP contribution < -0.4 is 10.1 Å². The van der Waals surface area contributed by atoms with E-state index < -0.39 is 18.4 Å². The number of rotatable bonds is 4. The van der Waals surface area contributed by atoms with Gasteiger partial charge in [-0.3, -0.25) is 9.59 Å². The van der Waals surface area contributed by atoms with Gasteiger partial charge in [0.05, 0.1) is 22.9 Å². The van der Waals surface area contributed by atoms with Crippen LogP contribution in [0.1, 0.15) is 26.3 Å². The molecule has 0 unspecified atom stereocenters. The molecule has 0 radical (unpaired) electrons. The topological polar surface area (TPSA) is 105 Å². The van der Waals surface area contributed by atoms with E-state index in [9.17, 15) is 14.4 Å². The Labute approximate surface area is 142 Å². The van der Waals surface area contributed by atoms with Crippen molar-refractivity contribution in [2.75, 3.05) is 18.5 Å². The molecule has 0 atom stereocenters. The first-order valence-corrected chi connectivity index (χ1v) is 7.34. The Bertz CT molecular complexity index is 897. The van der Waals surface area contributed by atoms with E-state index in [0.717, 1.165) is 0 Å². The Morgan fingerprint density at radius 2 is 1.88 bits per heavy atom. The van der Waals surface area contributed by atoms with E-state index >= 15 is 0 Å². The molecule has 0 saturated carbocycles. The Morgan fingerprint density at radius 3 is 2.60 bits per heavy atom. The summed E-state index contributed by atoms with van der Waals surface area (Å²) in [6.07, 6.45) is 0. The average molecular weight is 336 g/mol. The number of carbonyl (C=O) groups excluding carboxylic acids is 3. The van der Waals surface area contributed by atoms with Gasteiger partial charge in [-0.25, -0.2) is 4.79 Å². The Morgan fingerprint density at radius 1 is 1.16 bits per heavy atom. The van der Waals surface area contributed by atoms with E-state index in [1.807, 2.05) is 6.07 Å². The van der Waals surface area contributed by atoms with Gasteiger partial charge in [0.2, 0.25) is 0 Å². The lowest BCUT2D eigenvalue weighted by molar-refractivity contribution is -0.118. The molecule has 2 aromatic carbocycles. The molecule has 7 nitrogen and oxygen atoms in total. The molecule has 1 heterocycles. The van der Waals surface area contributed by atoms with Crippen molar-refractivity contribution in [1.82, 2.24) is 0 Å². The normalized spacial score (nSPS) is 12.2. The van der Waals surface area contributed by atoms with Crippen molar-refractivity contribution in [2.24, 2.45) is 0 Å². The first-order chi connectivity index (χ1) is 12.1. The molecule has 0 saturated heterocycles. The fourth-order valence-electron chi connectivity index (χ4n) is 2.24. The smallest absolute Gasteiger partial charge is 0.338 e. The van der Waals surface area contributed by atoms with Crippen LogP contribution >= 0.6 is 0 Å². The Hall–Kier alpha value is -3.66. The molecule has 124 valence electrons. The van der Waals surface area contributed by atoms with Crippen LogP contribution in [0.2, 0.25) is 0 Å². The second-order valence-corrected chi connectivity index (χ2v) is 5.24. The number of nitrogens with zero attached hydrogens (tertiary/aromatic N) is 1. The summed E-state index contributed by atoms with van der Waals surface area (Å²) in [7, 11) is 0. The number of hydrogen-bond donors (Lipinski definition) is 1. The van der Waals surface area contributed by atoms with Crippen LogP contribution in [0.15, 0.2) is 42.5 Å². The van der Waals surface area contributed by atoms with Crippen LogP contribution in [-0.2, 0) is 9.53 Å². The minimum Gasteiger partial charge on any atom is -0.482 e. The van der Waals surface area contributed by atoms with Gasteiger partial charge in [0.1, 0.15) is 5.75 Å². The maximum atomic E-state index is 12.2. The molecule has 7 heteroatoms. The number of ketones is 1. The lowest BCUT2D eigenvalue weighted by Crippen LogP contribution is -2.25. The second kappa shape index (κ2) is 6.84. The molecule has 0 spiro atoms. The van der Waals surface area contributed by atoms with E-state index in [4.69, 9.17) is 14.7 Å². The summed E-state index contributed by atoms with van der Waals surface area (Å²) >= 11 is 0. The quantitative estimate of drug-likeness (QED) is 0.675. The van der Waals surface area contributed by atoms with E-state index in [0.29, 0.717) is 17.0 Å². The predicted octanol–water partition coefficient (Wildman–Crippen LogP) is 1.93. The predicted molar refractivity (Wildman–Crippen MR) is 86.3 cm³/mol. The van der Waals surface area contributed by atoms with Crippen molar-refractivity contribution in [3.05, 3.63) is 59.2 Å². The number of benzene rings is 2. The van der Waals surface area contributed by atoms with Crippen molar-refractivity contribution >= 4 is 23.3 Å². The van der Waals surface area contributed by atoms with Crippen LogP contribution in [0.3, 0.4) is 0 Å². The summed E-state index contributed by atoms with van der Waals surface area (Å²) in [5.74, 6) is -0.896. The minimum absolute atomic E-state index is 0.0670. The summed E-state index contributed by atoms with van der Waals surface area (Å²) in [5.41, 5.74) is 1.36. The lowest BCUT2D eigenvalue weighted by atomic mass is 10.1. The molecule has 0 fully saturated rings. The Kier molecular flexibility index (Phi) is 4.44. The number of nitrogens with one attached hydrogen (secondary N) is 1. The van der Waals surface area contributed by atoms with Gasteiger partial charge >= 0.3 is 5.97 Å². The van der Waals surface area contributed by atoms with Crippen molar-refractivity contribution in [3.63, 3.8) is 0 Å². The number of esters is 1. The molecule has 1 N–H and O–H groups in total. The highest BCUT2D eigenvalue weighted by molar-refractivity contribution is 6.02. The molecule has 0 aromatic heterocycles. The van der Waals surface area contributed by atoms with Crippen LogP contribution in [0.4, 0.5) is 5.69 Å². The molecule has 0 bridgehead atoms. The zero-order valence-electron chi connectivity index (χ0n) is 12.9. The number of fused-ring (bicyclic) bond motifs is 1. The molecule has 3 rings (SSSR count). The van der Waals surface area contributed by atoms with Gasteiger partial charge in [-0.2, -0.15) is 5.26 Å². The number of ether oxygens (including phenoxy) is 2. The van der Waals surface area contributed by atoms with E-state index in [1.165, 1.54) is 36.4 Å². The molecular formula is C18H12N2O5. The standard InChI is InChI=1S/C18H12N2O5/c19-8-11-1-3-12(4-2-11)18(23)25-9-15(21)13-5-6-16-14(7-13)20-17(22)10-24-16/h1-7H,9-10H2,(H,20,22). The third kappa shape index (κ3) is 3.64. The Balaban J connectivity index is 1.64. The van der Waals surface area contributed by atoms with E-state index in [1.54, 1.807) is 6.07 Å². The van der Waals surface area contributed by atoms with Crippen LogP contribution in [0.25, 0.3) is 0 Å². The van der Waals surface area contributed by atoms with Gasteiger partial charge in [0, 0.05) is 5.56 Å². The van der Waals surface area contributed by atoms with Gasteiger partial charge in [-0.1, -0.05) is 0 Å². The van der Waals surface area contributed by atoms with E-state index in [-0.39, 0.29) is 23.6 Å². The number of Topliss-reactive ketones (excluding diaryl/α,β-unsaturated/α-hetero) is 1. The molecule has 1 amide bonds. The summed E-state index contributed by atoms with van der Waals surface area (Å²) in [6.45, 7) is -0.505. The molecular weight excluding hydrogens is 324 g/mol. The van der Waals surface area contributed by atoms with Crippen molar-refractivity contribution in [2.45, 2.75) is 0 Å². The first-order valence-electron chi connectivity index (χ1n) is 7.34. The highest BCUT2D eigenvalue weighted by Crippen LogP contribution is 2.28. The minimum atomic E-state index is -0.660. The largest absolute Gasteiger partial charge is 0.482 e. The second-order valence-electron chi connectivity index (χ2n) is 5.24. The SMILES string of the molecule is N#Cc1ccc(C(=O)OCC(=O)c2ccc3c(c2)NC(=O)CO3)cc1. The number of carbonyl (C=O) groups is 3. The number of hydrogen-bond acceptors (Lipinski definition) is 6. The zero-order chi connectivity index (χ0) is 17.8. The third-order valence-electron chi connectivity index (χ3n) is 3.52. The van der Waals surface area contributed by atoms with Gasteiger partial charge in [0.25, 0.3) is 5.91 Å². The number of nitriles is 1. The van der Waals surface area contributed by atoms with Crippen LogP contribution in [-0.4, -0.2) is 30.9 Å². The van der Waals surface area contributed by atoms with Crippen molar-refractivity contribution in [1.29, 1.82) is 5.26 Å². The highest BCUT2D eigenvalue weighted by atomic mass is 16.5. The van der Waals surface area contributed by atoms with Crippen LogP contribution in [0, 0.1) is 11.3 Å².